The number of aromatic amines is 1. The number of nitrogens with zero attached hydrogens (tertiary/aromatic N) is 3. The van der Waals surface area contributed by atoms with E-state index in [2.05, 4.69) is 25.9 Å². The molecule has 2 aromatic heterocycles. The van der Waals surface area contributed by atoms with E-state index in [4.69, 9.17) is 11.6 Å². The van der Waals surface area contributed by atoms with Gasteiger partial charge in [0, 0.05) is 34.2 Å². The number of phenols is 1. The van der Waals surface area contributed by atoms with Gasteiger partial charge in [-0.1, -0.05) is 22.9 Å². The van der Waals surface area contributed by atoms with Crippen molar-refractivity contribution < 1.29 is 19.8 Å². The number of halogens is 1. The molecule has 2 aromatic carbocycles. The first-order valence-corrected chi connectivity index (χ1v) is 11.6. The molecule has 36 heavy (non-hydrogen) atoms. The van der Waals surface area contributed by atoms with Crippen molar-refractivity contribution in [2.24, 2.45) is 0 Å². The van der Waals surface area contributed by atoms with Crippen LogP contribution in [0.2, 0.25) is 5.02 Å². The van der Waals surface area contributed by atoms with Crippen molar-refractivity contribution in [3.05, 3.63) is 69.5 Å². The summed E-state index contributed by atoms with van der Waals surface area (Å²) in [7, 11) is 0. The van der Waals surface area contributed by atoms with E-state index in [9.17, 15) is 19.8 Å². The predicted molar refractivity (Wildman–Crippen MR) is 136 cm³/mol. The molecule has 11 heteroatoms. The Bertz CT molecular complexity index is 1550. The van der Waals surface area contributed by atoms with Crippen LogP contribution in [-0.4, -0.2) is 54.7 Å². The van der Waals surface area contributed by atoms with Crippen LogP contribution in [0.4, 0.5) is 5.69 Å². The lowest BCUT2D eigenvalue weighted by Gasteiger charge is -2.12. The molecule has 1 atom stereocenters. The number of anilines is 1. The number of fused-ring (bicyclic) bond motifs is 2. The molecular formula is C25H23ClN6O4. The molecule has 5 rings (SSSR count). The highest BCUT2D eigenvalue weighted by Crippen LogP contribution is 2.35. The summed E-state index contributed by atoms with van der Waals surface area (Å²) in [4.78, 5) is 28.7. The number of aliphatic hydroxyl groups excluding tert-OH is 1. The van der Waals surface area contributed by atoms with Crippen molar-refractivity contribution >= 4 is 51.8 Å². The molecule has 3 heterocycles. The van der Waals surface area contributed by atoms with Crippen molar-refractivity contribution in [1.82, 2.24) is 25.3 Å². The minimum absolute atomic E-state index is 0.00685. The Morgan fingerprint density at radius 3 is 2.89 bits per heavy atom. The zero-order valence-corrected chi connectivity index (χ0v) is 20.2. The summed E-state index contributed by atoms with van der Waals surface area (Å²) in [5.41, 5.74) is 5.12. The first-order valence-electron chi connectivity index (χ1n) is 11.2. The van der Waals surface area contributed by atoms with Crippen LogP contribution in [0.25, 0.3) is 22.7 Å². The van der Waals surface area contributed by atoms with Crippen LogP contribution in [-0.2, 0) is 11.3 Å². The summed E-state index contributed by atoms with van der Waals surface area (Å²) in [5, 5.41) is 34.3. The maximum atomic E-state index is 13.0. The lowest BCUT2D eigenvalue weighted by Crippen LogP contribution is -2.35. The second kappa shape index (κ2) is 9.14. The largest absolute Gasteiger partial charge is 0.506 e. The number of amides is 2. The molecule has 2 amide bonds. The number of carbonyl (C=O) groups is 2. The molecule has 184 valence electrons. The minimum atomic E-state index is -0.939. The average Bonchev–Trinajstić information content (AvgIpc) is 3.47. The Labute approximate surface area is 210 Å². The normalized spacial score (nSPS) is 14.8. The molecule has 0 bridgehead atoms. The highest BCUT2D eigenvalue weighted by Gasteiger charge is 2.26. The van der Waals surface area contributed by atoms with Gasteiger partial charge in [-0.05, 0) is 55.8 Å². The van der Waals surface area contributed by atoms with Gasteiger partial charge in [0.05, 0.1) is 29.3 Å². The fourth-order valence-electron chi connectivity index (χ4n) is 4.38. The fraction of sp³-hybridized carbons (Fsp3) is 0.200. The zero-order valence-electron chi connectivity index (χ0n) is 19.5. The number of hydrogen-bond acceptors (Lipinski definition) is 6. The van der Waals surface area contributed by atoms with Gasteiger partial charge in [-0.2, -0.15) is 0 Å². The number of aryl methyl sites for hydroxylation is 1. The van der Waals surface area contributed by atoms with Crippen molar-refractivity contribution in [3.63, 3.8) is 0 Å². The molecule has 0 spiro atoms. The molecule has 1 aliphatic rings. The highest BCUT2D eigenvalue weighted by molar-refractivity contribution is 6.36. The van der Waals surface area contributed by atoms with E-state index >= 15 is 0 Å². The zero-order chi connectivity index (χ0) is 25.6. The van der Waals surface area contributed by atoms with Gasteiger partial charge in [-0.3, -0.25) is 9.59 Å². The van der Waals surface area contributed by atoms with Crippen LogP contribution >= 0.6 is 11.6 Å². The van der Waals surface area contributed by atoms with E-state index in [0.717, 1.165) is 0 Å². The SMILES string of the molecule is Cc1[nH]c(/C=C2\C(=O)Nc3ccc(Cl)cc32)c(C)c1C(=O)NCC(O)Cn1nnc2c(O)cccc21. The summed E-state index contributed by atoms with van der Waals surface area (Å²) in [6.45, 7) is 3.63. The third-order valence-electron chi connectivity index (χ3n) is 6.16. The number of nitrogens with one attached hydrogen (secondary N) is 3. The number of aliphatic hydroxyl groups is 1. The van der Waals surface area contributed by atoms with E-state index in [1.807, 2.05) is 0 Å². The first-order chi connectivity index (χ1) is 17.2. The number of carbonyl (C=O) groups excluding carboxylic acids is 2. The van der Waals surface area contributed by atoms with Crippen LogP contribution in [0.15, 0.2) is 36.4 Å². The third-order valence-corrected chi connectivity index (χ3v) is 6.40. The second-order valence-electron chi connectivity index (χ2n) is 8.65. The summed E-state index contributed by atoms with van der Waals surface area (Å²) < 4.78 is 1.47. The molecule has 0 saturated carbocycles. The molecule has 5 N–H and O–H groups in total. The Hall–Kier alpha value is -4.15. The fourth-order valence-corrected chi connectivity index (χ4v) is 4.55. The van der Waals surface area contributed by atoms with Crippen molar-refractivity contribution in [2.45, 2.75) is 26.5 Å². The number of benzene rings is 2. The maximum Gasteiger partial charge on any atom is 0.256 e. The number of rotatable bonds is 6. The summed E-state index contributed by atoms with van der Waals surface area (Å²) in [5.74, 6) is -0.597. The molecule has 1 unspecified atom stereocenters. The molecular weight excluding hydrogens is 484 g/mol. The van der Waals surface area contributed by atoms with Crippen LogP contribution < -0.4 is 10.6 Å². The number of aromatic nitrogens is 4. The van der Waals surface area contributed by atoms with Gasteiger partial charge in [-0.15, -0.1) is 5.10 Å². The molecule has 0 aliphatic carbocycles. The van der Waals surface area contributed by atoms with Gasteiger partial charge in [0.25, 0.3) is 11.8 Å². The average molecular weight is 507 g/mol. The predicted octanol–water partition coefficient (Wildman–Crippen LogP) is 3.02. The topological polar surface area (TPSA) is 145 Å². The molecule has 1 aliphatic heterocycles. The summed E-state index contributed by atoms with van der Waals surface area (Å²) in [6.07, 6.45) is 0.766. The lowest BCUT2D eigenvalue weighted by molar-refractivity contribution is -0.110. The third kappa shape index (κ3) is 4.21. The van der Waals surface area contributed by atoms with Gasteiger partial charge in [0.15, 0.2) is 5.52 Å². The molecule has 0 fully saturated rings. The summed E-state index contributed by atoms with van der Waals surface area (Å²) >= 11 is 6.11. The Balaban J connectivity index is 1.31. The highest BCUT2D eigenvalue weighted by atomic mass is 35.5. The number of H-pyrrole nitrogens is 1. The van der Waals surface area contributed by atoms with Gasteiger partial charge in [0.2, 0.25) is 0 Å². The van der Waals surface area contributed by atoms with Crippen LogP contribution in [0.5, 0.6) is 5.75 Å². The minimum Gasteiger partial charge on any atom is -0.506 e. The van der Waals surface area contributed by atoms with Crippen LogP contribution in [0, 0.1) is 13.8 Å². The Morgan fingerprint density at radius 2 is 2.08 bits per heavy atom. The molecule has 4 aromatic rings. The van der Waals surface area contributed by atoms with E-state index in [1.165, 1.54) is 10.7 Å². The molecule has 0 saturated heterocycles. The second-order valence-corrected chi connectivity index (χ2v) is 9.08. The van der Waals surface area contributed by atoms with E-state index in [0.29, 0.717) is 55.4 Å². The van der Waals surface area contributed by atoms with Gasteiger partial charge >= 0.3 is 0 Å². The standard InChI is InChI=1S/C25H23ClN6O4/c1-12-19(9-17-16-8-14(26)6-7-18(16)29-24(17)35)28-13(2)22(12)25(36)27-10-15(33)11-32-20-4-3-5-21(34)23(20)30-31-32/h3-9,15,28,33-34H,10-11H2,1-2H3,(H,27,36)(H,29,35)/b17-9-. The van der Waals surface area contributed by atoms with Gasteiger partial charge in [-0.25, -0.2) is 4.68 Å². The van der Waals surface area contributed by atoms with E-state index < -0.39 is 6.10 Å². The Kier molecular flexibility index (Phi) is 5.99. The van der Waals surface area contributed by atoms with E-state index in [1.54, 1.807) is 50.3 Å². The maximum absolute atomic E-state index is 13.0. The van der Waals surface area contributed by atoms with Gasteiger partial charge < -0.3 is 25.8 Å². The van der Waals surface area contributed by atoms with Crippen molar-refractivity contribution in [3.8, 4) is 5.75 Å². The number of hydrogen-bond donors (Lipinski definition) is 5. The van der Waals surface area contributed by atoms with Gasteiger partial charge in [0.1, 0.15) is 5.75 Å². The Morgan fingerprint density at radius 1 is 1.28 bits per heavy atom. The smallest absolute Gasteiger partial charge is 0.256 e. The lowest BCUT2D eigenvalue weighted by atomic mass is 10.0. The number of phenolic OH excluding ortho intramolecular Hbond substituents is 1. The van der Waals surface area contributed by atoms with Crippen molar-refractivity contribution in [1.29, 1.82) is 0 Å². The number of aromatic hydroxyl groups is 1. The monoisotopic (exact) mass is 506 g/mol. The molecule has 10 nitrogen and oxygen atoms in total. The summed E-state index contributed by atoms with van der Waals surface area (Å²) in [6, 6.07) is 10.1. The van der Waals surface area contributed by atoms with Crippen LogP contribution in [0.1, 0.15) is 32.9 Å². The van der Waals surface area contributed by atoms with Crippen LogP contribution in [0.3, 0.4) is 0 Å². The first kappa shape index (κ1) is 23.6. The molecule has 0 radical (unpaired) electrons. The quantitative estimate of drug-likeness (QED) is 0.254. The van der Waals surface area contributed by atoms with E-state index in [-0.39, 0.29) is 30.7 Å². The van der Waals surface area contributed by atoms with Crippen molar-refractivity contribution in [2.75, 3.05) is 11.9 Å².